The van der Waals surface area contributed by atoms with E-state index in [-0.39, 0.29) is 5.56 Å². The highest BCUT2D eigenvalue weighted by Gasteiger charge is 2.08. The number of rotatable bonds is 2. The van der Waals surface area contributed by atoms with Crippen molar-refractivity contribution in [1.29, 1.82) is 0 Å². The summed E-state index contributed by atoms with van der Waals surface area (Å²) >= 11 is 0. The van der Waals surface area contributed by atoms with Crippen LogP contribution in [0.15, 0.2) is 53.3 Å². The van der Waals surface area contributed by atoms with Crippen LogP contribution in [0.4, 0.5) is 0 Å². The topological polar surface area (TPSA) is 57.0 Å². The molecule has 0 fully saturated rings. The number of para-hydroxylation sites is 1. The molecule has 0 unspecified atom stereocenters. The molecule has 94 valence electrons. The molecule has 0 amide bonds. The Kier molecular flexibility index (Phi) is 2.72. The molecule has 0 aliphatic rings. The van der Waals surface area contributed by atoms with Gasteiger partial charge in [-0.05, 0) is 30.3 Å². The largest absolute Gasteiger partial charge is 0.497 e. The summed E-state index contributed by atoms with van der Waals surface area (Å²) in [5, 5.41) is 8.48. The van der Waals surface area contributed by atoms with Gasteiger partial charge in [-0.2, -0.15) is 4.68 Å². The van der Waals surface area contributed by atoms with Gasteiger partial charge in [0.15, 0.2) is 0 Å². The number of hydrogen-bond acceptors (Lipinski definition) is 4. The third-order valence-corrected chi connectivity index (χ3v) is 2.87. The second-order valence-corrected chi connectivity index (χ2v) is 4.03. The van der Waals surface area contributed by atoms with E-state index in [0.717, 1.165) is 0 Å². The molecule has 2 aromatic carbocycles. The van der Waals surface area contributed by atoms with Crippen LogP contribution < -0.4 is 10.3 Å². The van der Waals surface area contributed by atoms with Crippen LogP contribution in [0, 0.1) is 0 Å². The van der Waals surface area contributed by atoms with E-state index >= 15 is 0 Å². The lowest BCUT2D eigenvalue weighted by Gasteiger charge is -2.05. The predicted molar refractivity (Wildman–Crippen MR) is 71.7 cm³/mol. The molecule has 5 nitrogen and oxygen atoms in total. The molecule has 0 saturated heterocycles. The maximum Gasteiger partial charge on any atom is 0.282 e. The van der Waals surface area contributed by atoms with Crippen LogP contribution in [0.2, 0.25) is 0 Å². The van der Waals surface area contributed by atoms with Gasteiger partial charge < -0.3 is 4.74 Å². The molecule has 1 aromatic heterocycles. The van der Waals surface area contributed by atoms with Crippen LogP contribution in [-0.2, 0) is 0 Å². The molecule has 0 atom stereocenters. The van der Waals surface area contributed by atoms with Gasteiger partial charge in [0.05, 0.1) is 18.2 Å². The van der Waals surface area contributed by atoms with Crippen molar-refractivity contribution in [2.24, 2.45) is 0 Å². The highest BCUT2D eigenvalue weighted by Crippen LogP contribution is 2.15. The molecule has 0 saturated carbocycles. The number of hydrogen-bond donors (Lipinski definition) is 0. The van der Waals surface area contributed by atoms with Crippen molar-refractivity contribution >= 4 is 10.9 Å². The lowest BCUT2D eigenvalue weighted by Crippen LogP contribution is -2.22. The molecule has 0 N–H and O–H groups in total. The fourth-order valence-corrected chi connectivity index (χ4v) is 1.89. The second-order valence-electron chi connectivity index (χ2n) is 4.03. The van der Waals surface area contributed by atoms with E-state index in [0.29, 0.717) is 22.3 Å². The smallest absolute Gasteiger partial charge is 0.282 e. The molecule has 0 aliphatic heterocycles. The molecule has 3 rings (SSSR count). The van der Waals surface area contributed by atoms with Crippen molar-refractivity contribution in [3.05, 3.63) is 58.9 Å². The van der Waals surface area contributed by atoms with Crippen LogP contribution in [0.1, 0.15) is 0 Å². The third-order valence-electron chi connectivity index (χ3n) is 2.87. The highest BCUT2D eigenvalue weighted by atomic mass is 16.5. The summed E-state index contributed by atoms with van der Waals surface area (Å²) in [6, 6.07) is 14.3. The quantitative estimate of drug-likeness (QED) is 0.698. The second kappa shape index (κ2) is 4.53. The van der Waals surface area contributed by atoms with Gasteiger partial charge in [-0.1, -0.05) is 23.4 Å². The average Bonchev–Trinajstić information content (AvgIpc) is 2.48. The highest BCUT2D eigenvalue weighted by molar-refractivity contribution is 5.78. The van der Waals surface area contributed by atoms with E-state index < -0.39 is 0 Å². The van der Waals surface area contributed by atoms with E-state index in [1.165, 1.54) is 4.68 Å². The average molecular weight is 253 g/mol. The predicted octanol–water partition coefficient (Wildman–Crippen LogP) is 1.79. The SMILES string of the molecule is COc1ccc2nnn(-c3ccccc3)c(=O)c2c1. The van der Waals surface area contributed by atoms with Crippen LogP contribution in [0.3, 0.4) is 0 Å². The number of nitrogens with zero attached hydrogens (tertiary/aromatic N) is 3. The van der Waals surface area contributed by atoms with Crippen LogP contribution in [0.5, 0.6) is 5.75 Å². The zero-order valence-corrected chi connectivity index (χ0v) is 10.3. The van der Waals surface area contributed by atoms with Gasteiger partial charge in [0.1, 0.15) is 11.3 Å². The van der Waals surface area contributed by atoms with E-state index in [9.17, 15) is 4.79 Å². The minimum Gasteiger partial charge on any atom is -0.497 e. The monoisotopic (exact) mass is 253 g/mol. The molecule has 0 bridgehead atoms. The van der Waals surface area contributed by atoms with Crippen LogP contribution in [-0.4, -0.2) is 22.1 Å². The molecule has 0 aliphatic carbocycles. The maximum absolute atomic E-state index is 12.4. The Hall–Kier alpha value is -2.69. The Balaban J connectivity index is 2.29. The molecule has 0 radical (unpaired) electrons. The van der Waals surface area contributed by atoms with Crippen molar-refractivity contribution in [1.82, 2.24) is 15.0 Å². The van der Waals surface area contributed by atoms with Crippen LogP contribution in [0.25, 0.3) is 16.6 Å². The van der Waals surface area contributed by atoms with Crippen LogP contribution >= 0.6 is 0 Å². The Bertz CT molecular complexity index is 782. The zero-order chi connectivity index (χ0) is 13.2. The zero-order valence-electron chi connectivity index (χ0n) is 10.3. The minimum atomic E-state index is -0.213. The van der Waals surface area contributed by atoms with E-state index in [2.05, 4.69) is 10.3 Å². The van der Waals surface area contributed by atoms with Gasteiger partial charge in [-0.15, -0.1) is 5.10 Å². The Labute approximate surface area is 109 Å². The normalized spacial score (nSPS) is 10.6. The lowest BCUT2D eigenvalue weighted by molar-refractivity contribution is 0.415. The number of fused-ring (bicyclic) bond motifs is 1. The fourth-order valence-electron chi connectivity index (χ4n) is 1.89. The van der Waals surface area contributed by atoms with E-state index in [1.807, 2.05) is 30.3 Å². The lowest BCUT2D eigenvalue weighted by atomic mass is 10.2. The molecule has 0 spiro atoms. The van der Waals surface area contributed by atoms with E-state index in [1.54, 1.807) is 25.3 Å². The summed E-state index contributed by atoms with van der Waals surface area (Å²) in [4.78, 5) is 12.4. The van der Waals surface area contributed by atoms with Gasteiger partial charge in [0.25, 0.3) is 5.56 Å². The van der Waals surface area contributed by atoms with Crippen molar-refractivity contribution in [2.45, 2.75) is 0 Å². The first kappa shape index (κ1) is 11.4. The summed E-state index contributed by atoms with van der Waals surface area (Å²) < 4.78 is 6.41. The van der Waals surface area contributed by atoms with E-state index in [4.69, 9.17) is 4.74 Å². The van der Waals surface area contributed by atoms with Gasteiger partial charge >= 0.3 is 0 Å². The molecular formula is C14H11N3O2. The summed E-state index contributed by atoms with van der Waals surface area (Å²) in [5.41, 5.74) is 1.03. The first-order chi connectivity index (χ1) is 9.29. The third kappa shape index (κ3) is 1.95. The summed E-state index contributed by atoms with van der Waals surface area (Å²) in [5.74, 6) is 0.622. The maximum atomic E-state index is 12.4. The summed E-state index contributed by atoms with van der Waals surface area (Å²) in [6.45, 7) is 0. The van der Waals surface area contributed by atoms with Gasteiger partial charge in [-0.25, -0.2) is 0 Å². The Morgan fingerprint density at radius 2 is 1.89 bits per heavy atom. The first-order valence-corrected chi connectivity index (χ1v) is 5.79. The van der Waals surface area contributed by atoms with Gasteiger partial charge in [0.2, 0.25) is 0 Å². The van der Waals surface area contributed by atoms with Crippen molar-refractivity contribution in [3.8, 4) is 11.4 Å². The van der Waals surface area contributed by atoms with Crippen molar-refractivity contribution in [3.63, 3.8) is 0 Å². The van der Waals surface area contributed by atoms with Crippen molar-refractivity contribution in [2.75, 3.05) is 7.11 Å². The van der Waals surface area contributed by atoms with Crippen molar-refractivity contribution < 1.29 is 4.74 Å². The summed E-state index contributed by atoms with van der Waals surface area (Å²) in [7, 11) is 1.56. The molecule has 5 heteroatoms. The minimum absolute atomic E-state index is 0.213. The molecule has 19 heavy (non-hydrogen) atoms. The molecular weight excluding hydrogens is 242 g/mol. The molecule has 1 heterocycles. The Morgan fingerprint density at radius 1 is 1.11 bits per heavy atom. The number of methoxy groups -OCH3 is 1. The standard InChI is InChI=1S/C14H11N3O2/c1-19-11-7-8-13-12(9-11)14(18)17(16-15-13)10-5-3-2-4-6-10/h2-9H,1H3. The number of benzene rings is 2. The Morgan fingerprint density at radius 3 is 2.63 bits per heavy atom. The first-order valence-electron chi connectivity index (χ1n) is 5.79. The van der Waals surface area contributed by atoms with Gasteiger partial charge in [-0.3, -0.25) is 4.79 Å². The fraction of sp³-hybridized carbons (Fsp3) is 0.0714. The number of ether oxygens (including phenoxy) is 1. The number of aromatic nitrogens is 3. The summed E-state index contributed by atoms with van der Waals surface area (Å²) in [6.07, 6.45) is 0. The molecule has 3 aromatic rings. The van der Waals surface area contributed by atoms with Gasteiger partial charge in [0, 0.05) is 0 Å².